The van der Waals surface area contributed by atoms with E-state index in [2.05, 4.69) is 25.1 Å². The zero-order chi connectivity index (χ0) is 12.8. The van der Waals surface area contributed by atoms with E-state index < -0.39 is 0 Å². The Hall–Kier alpha value is -0.160. The average Bonchev–Trinajstić information content (AvgIpc) is 2.90. The molecule has 1 atom stereocenters. The second-order valence-electron chi connectivity index (χ2n) is 4.32. The van der Waals surface area contributed by atoms with Crippen LogP contribution < -0.4 is 5.73 Å². The van der Waals surface area contributed by atoms with E-state index in [9.17, 15) is 0 Å². The molecule has 0 saturated carbocycles. The maximum Gasteiger partial charge on any atom is 0.0669 e. The Morgan fingerprint density at radius 3 is 2.72 bits per heavy atom. The molecule has 2 nitrogen and oxygen atoms in total. The van der Waals surface area contributed by atoms with Gasteiger partial charge < -0.3 is 10.5 Å². The maximum absolute atomic E-state index is 5.91. The zero-order valence-electron chi connectivity index (χ0n) is 10.9. The summed E-state index contributed by atoms with van der Waals surface area (Å²) in [4.78, 5) is 2.66. The molecule has 1 unspecified atom stereocenters. The number of benzene rings is 1. The number of hydrogen-bond donors (Lipinski definition) is 1. The molecule has 1 heterocycles. The lowest BCUT2D eigenvalue weighted by Gasteiger charge is -2.14. The summed E-state index contributed by atoms with van der Waals surface area (Å²) >= 11 is 3.76. The highest BCUT2D eigenvalue weighted by Gasteiger charge is 2.16. The standard InChI is InChI=1S/C14H21NOS2/c1-2-17-13-6-3-7-14(12(13)9-15)18-10-11-5-4-8-16-11/h3,6-7,11H,2,4-5,8-10,15H2,1H3. The van der Waals surface area contributed by atoms with Gasteiger partial charge in [-0.2, -0.15) is 0 Å². The van der Waals surface area contributed by atoms with Crippen LogP contribution in [-0.4, -0.2) is 24.2 Å². The van der Waals surface area contributed by atoms with Crippen molar-refractivity contribution in [2.24, 2.45) is 5.73 Å². The van der Waals surface area contributed by atoms with E-state index in [1.165, 1.54) is 28.2 Å². The Morgan fingerprint density at radius 2 is 2.11 bits per heavy atom. The Morgan fingerprint density at radius 1 is 1.33 bits per heavy atom. The third kappa shape index (κ3) is 3.67. The summed E-state index contributed by atoms with van der Waals surface area (Å²) in [6.07, 6.45) is 2.85. The monoisotopic (exact) mass is 283 g/mol. The van der Waals surface area contributed by atoms with E-state index in [1.807, 2.05) is 23.5 Å². The number of hydrogen-bond acceptors (Lipinski definition) is 4. The molecule has 2 N–H and O–H groups in total. The van der Waals surface area contributed by atoms with Gasteiger partial charge in [0.25, 0.3) is 0 Å². The molecule has 0 aliphatic carbocycles. The molecule has 100 valence electrons. The quantitative estimate of drug-likeness (QED) is 0.810. The molecule has 0 amide bonds. The van der Waals surface area contributed by atoms with Gasteiger partial charge in [0.05, 0.1) is 6.10 Å². The largest absolute Gasteiger partial charge is 0.377 e. The third-order valence-corrected chi connectivity index (χ3v) is 5.26. The van der Waals surface area contributed by atoms with Crippen molar-refractivity contribution in [3.8, 4) is 0 Å². The smallest absolute Gasteiger partial charge is 0.0669 e. The summed E-state index contributed by atoms with van der Waals surface area (Å²) in [7, 11) is 0. The first kappa shape index (κ1) is 14.3. The first-order valence-corrected chi connectivity index (χ1v) is 8.51. The van der Waals surface area contributed by atoms with Gasteiger partial charge in [0, 0.05) is 28.7 Å². The summed E-state index contributed by atoms with van der Waals surface area (Å²) in [5.74, 6) is 2.14. The van der Waals surface area contributed by atoms with Gasteiger partial charge in [-0.25, -0.2) is 0 Å². The first-order valence-electron chi connectivity index (χ1n) is 6.54. The Kier molecular flexibility index (Phi) is 5.89. The molecule has 1 aromatic rings. The molecule has 2 rings (SSSR count). The molecule has 1 aromatic carbocycles. The predicted octanol–water partition coefficient (Wildman–Crippen LogP) is 3.53. The van der Waals surface area contributed by atoms with Crippen LogP contribution in [0.5, 0.6) is 0 Å². The minimum absolute atomic E-state index is 0.433. The minimum Gasteiger partial charge on any atom is -0.377 e. The van der Waals surface area contributed by atoms with Crippen molar-refractivity contribution < 1.29 is 4.74 Å². The van der Waals surface area contributed by atoms with Gasteiger partial charge in [-0.3, -0.25) is 0 Å². The maximum atomic E-state index is 5.91. The van der Waals surface area contributed by atoms with Crippen LogP contribution in [0.1, 0.15) is 25.3 Å². The van der Waals surface area contributed by atoms with Gasteiger partial charge in [-0.15, -0.1) is 23.5 Å². The highest BCUT2D eigenvalue weighted by Crippen LogP contribution is 2.32. The van der Waals surface area contributed by atoms with Crippen LogP contribution >= 0.6 is 23.5 Å². The van der Waals surface area contributed by atoms with Crippen molar-refractivity contribution in [2.45, 2.75) is 42.2 Å². The van der Waals surface area contributed by atoms with Gasteiger partial charge in [-0.1, -0.05) is 13.0 Å². The zero-order valence-corrected chi connectivity index (χ0v) is 12.5. The molecule has 1 aliphatic rings. The highest BCUT2D eigenvalue weighted by atomic mass is 32.2. The molecule has 4 heteroatoms. The van der Waals surface area contributed by atoms with E-state index in [1.54, 1.807) is 0 Å². The van der Waals surface area contributed by atoms with E-state index >= 15 is 0 Å². The van der Waals surface area contributed by atoms with E-state index in [0.29, 0.717) is 12.6 Å². The lowest BCUT2D eigenvalue weighted by molar-refractivity contribution is 0.129. The number of nitrogens with two attached hydrogens (primary N) is 1. The molecular formula is C14H21NOS2. The van der Waals surface area contributed by atoms with E-state index in [0.717, 1.165) is 18.1 Å². The summed E-state index contributed by atoms with van der Waals surface area (Å²) in [6.45, 7) is 3.73. The Labute approximate surface area is 118 Å². The fraction of sp³-hybridized carbons (Fsp3) is 0.571. The molecule has 0 aromatic heterocycles. The number of ether oxygens (including phenoxy) is 1. The number of rotatable bonds is 6. The van der Waals surface area contributed by atoms with Crippen molar-refractivity contribution in [3.05, 3.63) is 23.8 Å². The van der Waals surface area contributed by atoms with Crippen LogP contribution in [0.2, 0.25) is 0 Å². The summed E-state index contributed by atoms with van der Waals surface area (Å²) in [5.41, 5.74) is 7.21. The SMILES string of the molecule is CCSc1cccc(SCC2CCCO2)c1CN. The van der Waals surface area contributed by atoms with Crippen LogP contribution in [0, 0.1) is 0 Å². The van der Waals surface area contributed by atoms with E-state index in [4.69, 9.17) is 10.5 Å². The lowest BCUT2D eigenvalue weighted by atomic mass is 10.2. The Bertz CT molecular complexity index is 378. The lowest BCUT2D eigenvalue weighted by Crippen LogP contribution is -2.09. The van der Waals surface area contributed by atoms with Crippen LogP contribution in [0.25, 0.3) is 0 Å². The van der Waals surface area contributed by atoms with Crippen molar-refractivity contribution >= 4 is 23.5 Å². The predicted molar refractivity (Wildman–Crippen MR) is 80.4 cm³/mol. The fourth-order valence-electron chi connectivity index (χ4n) is 2.13. The average molecular weight is 283 g/mol. The van der Waals surface area contributed by atoms with Crippen LogP contribution in [0.4, 0.5) is 0 Å². The van der Waals surface area contributed by atoms with Crippen molar-refractivity contribution in [1.82, 2.24) is 0 Å². The minimum atomic E-state index is 0.433. The molecule has 1 aliphatic heterocycles. The summed E-state index contributed by atoms with van der Waals surface area (Å²) < 4.78 is 5.67. The van der Waals surface area contributed by atoms with Crippen molar-refractivity contribution in [1.29, 1.82) is 0 Å². The normalized spacial score (nSPS) is 19.3. The first-order chi connectivity index (χ1) is 8.85. The molecule has 1 fully saturated rings. The molecule has 0 spiro atoms. The summed E-state index contributed by atoms with van der Waals surface area (Å²) in [6, 6.07) is 6.49. The van der Waals surface area contributed by atoms with E-state index in [-0.39, 0.29) is 0 Å². The molecular weight excluding hydrogens is 262 g/mol. The fourth-order valence-corrected chi connectivity index (χ4v) is 4.22. The Balaban J connectivity index is 2.03. The topological polar surface area (TPSA) is 35.2 Å². The van der Waals surface area contributed by atoms with Crippen LogP contribution in [0.15, 0.2) is 28.0 Å². The van der Waals surface area contributed by atoms with Gasteiger partial charge in [0.15, 0.2) is 0 Å². The molecule has 0 bridgehead atoms. The molecule has 18 heavy (non-hydrogen) atoms. The molecule has 0 radical (unpaired) electrons. The molecule has 1 saturated heterocycles. The van der Waals surface area contributed by atoms with Gasteiger partial charge in [0.1, 0.15) is 0 Å². The van der Waals surface area contributed by atoms with Gasteiger partial charge >= 0.3 is 0 Å². The van der Waals surface area contributed by atoms with Crippen LogP contribution in [0.3, 0.4) is 0 Å². The second-order valence-corrected chi connectivity index (χ2v) is 6.68. The van der Waals surface area contributed by atoms with Crippen molar-refractivity contribution in [2.75, 3.05) is 18.1 Å². The van der Waals surface area contributed by atoms with Crippen LogP contribution in [-0.2, 0) is 11.3 Å². The number of thioether (sulfide) groups is 2. The second kappa shape index (κ2) is 7.43. The van der Waals surface area contributed by atoms with Crippen molar-refractivity contribution in [3.63, 3.8) is 0 Å². The third-order valence-electron chi connectivity index (χ3n) is 3.04. The van der Waals surface area contributed by atoms with Gasteiger partial charge in [-0.05, 0) is 36.3 Å². The van der Waals surface area contributed by atoms with Gasteiger partial charge in [0.2, 0.25) is 0 Å². The summed E-state index contributed by atoms with van der Waals surface area (Å²) in [5, 5.41) is 0. The highest BCUT2D eigenvalue weighted by molar-refractivity contribution is 8.00.